The van der Waals surface area contributed by atoms with Crippen LogP contribution in [-0.4, -0.2) is 148 Å². The topological polar surface area (TPSA) is 456 Å². The summed E-state index contributed by atoms with van der Waals surface area (Å²) >= 11 is 0. The van der Waals surface area contributed by atoms with Crippen LogP contribution in [0.3, 0.4) is 0 Å². The highest BCUT2D eigenvalue weighted by atomic mass is 16.4. The normalized spacial score (nSPS) is 14.5. The summed E-state index contributed by atoms with van der Waals surface area (Å²) in [5, 5.41) is 32.5. The van der Waals surface area contributed by atoms with Crippen molar-refractivity contribution in [2.75, 3.05) is 19.6 Å². The maximum atomic E-state index is 14.4. The third-order valence-corrected chi connectivity index (χ3v) is 13.4. The zero-order valence-electron chi connectivity index (χ0n) is 46.7. The van der Waals surface area contributed by atoms with E-state index in [1.165, 1.54) is 13.8 Å². The van der Waals surface area contributed by atoms with Crippen molar-refractivity contribution in [3.8, 4) is 0 Å². The standard InChI is InChI=1S/C54H81N17O10/c1-7-29(4)44(51(79)64-27-43(72)67-41(22-28(2)3)49(77)68-39(18-12-20-60-53(56)57)48(76)69-40(52(80)81)19-13-21-61-54(58)59)71-50(78)42(24-33-26-63-38-17-11-9-15-35(33)38)70-46(74)31(6)65-45(73)30(5)66-47(75)36(55)23-32-25-62-37-16-10-8-14-34(32)37/h8-11,14-17,25-26,28-31,36,39-42,44,62-63H,7,12-13,18-24,27,55H2,1-6H3,(H,64,79)(H,65,73)(H,66,75)(H,67,72)(H,68,77)(H,69,76)(H,70,74)(H,71,78)(H,80,81)(H4,56,57,60)(H4,58,59,61)/t29-,30-,31-,36-,39-,40-,41-,42-,44-/m0/s1. The molecule has 21 N–H and O–H groups in total. The Morgan fingerprint density at radius 3 is 1.56 bits per heavy atom. The molecule has 4 aromatic rings. The highest BCUT2D eigenvalue weighted by molar-refractivity contribution is 5.98. The minimum absolute atomic E-state index is 0.0254. The zero-order chi connectivity index (χ0) is 59.9. The number of carboxylic acids is 1. The van der Waals surface area contributed by atoms with Crippen molar-refractivity contribution >= 4 is 87.0 Å². The molecule has 9 atom stereocenters. The Kier molecular flexibility index (Phi) is 25.4. The SMILES string of the molecule is CC[C@H](C)[C@H](NC(=O)[C@H](Cc1c[nH]c2ccccc12)NC(=O)[C@H](C)NC(=O)[C@H](C)NC(=O)[C@@H](N)Cc1c[nH]c2ccccc12)C(=O)NCC(=O)N[C@@H](CC(C)C)C(=O)N[C@@H](CCCN=C(N)N)C(=O)N[C@@H](CCCN=C(N)N)C(=O)O. The van der Waals surface area contributed by atoms with E-state index in [1.54, 1.807) is 40.1 Å². The van der Waals surface area contributed by atoms with Gasteiger partial charge in [-0.2, -0.15) is 0 Å². The van der Waals surface area contributed by atoms with Gasteiger partial charge in [0.2, 0.25) is 47.3 Å². The van der Waals surface area contributed by atoms with Crippen LogP contribution in [0.15, 0.2) is 70.9 Å². The molecule has 0 saturated carbocycles. The zero-order valence-corrected chi connectivity index (χ0v) is 46.7. The Morgan fingerprint density at radius 1 is 0.556 bits per heavy atom. The van der Waals surface area contributed by atoms with Gasteiger partial charge in [-0.3, -0.25) is 48.3 Å². The number of carboxylic acid groups (broad SMARTS) is 1. The number of aromatic amines is 2. The number of carbonyl (C=O) groups is 9. The van der Waals surface area contributed by atoms with Crippen LogP contribution in [0.4, 0.5) is 0 Å². The van der Waals surface area contributed by atoms with E-state index in [4.69, 9.17) is 28.7 Å². The van der Waals surface area contributed by atoms with Crippen molar-refractivity contribution in [2.45, 2.75) is 141 Å². The molecule has 0 unspecified atom stereocenters. The van der Waals surface area contributed by atoms with E-state index in [0.717, 1.165) is 27.4 Å². The Hall–Kier alpha value is -8.75. The summed E-state index contributed by atoms with van der Waals surface area (Å²) in [5.74, 6) is -8.32. The molecule has 0 radical (unpaired) electrons. The van der Waals surface area contributed by atoms with Crippen LogP contribution in [0.25, 0.3) is 21.8 Å². The summed E-state index contributed by atoms with van der Waals surface area (Å²) in [6, 6.07) is 5.13. The molecule has 0 aliphatic rings. The number of rotatable bonds is 33. The van der Waals surface area contributed by atoms with Crippen molar-refractivity contribution < 1.29 is 48.3 Å². The molecule has 2 aromatic heterocycles. The van der Waals surface area contributed by atoms with Gasteiger partial charge in [0, 0.05) is 53.7 Å². The van der Waals surface area contributed by atoms with Crippen molar-refractivity contribution in [1.29, 1.82) is 0 Å². The van der Waals surface area contributed by atoms with E-state index < -0.39 is 114 Å². The number of aromatic nitrogens is 2. The number of aliphatic imine (C=N–C) groups is 2. The molecule has 0 saturated heterocycles. The molecule has 0 fully saturated rings. The molecule has 27 nitrogen and oxygen atoms in total. The molecular weight excluding hydrogens is 1050 g/mol. The average molecular weight is 1130 g/mol. The van der Waals surface area contributed by atoms with E-state index in [1.807, 2.05) is 48.5 Å². The number of aliphatic carboxylic acids is 1. The van der Waals surface area contributed by atoms with Crippen LogP contribution in [0.1, 0.15) is 91.2 Å². The van der Waals surface area contributed by atoms with Gasteiger partial charge in [-0.25, -0.2) is 4.79 Å². The smallest absolute Gasteiger partial charge is 0.326 e. The van der Waals surface area contributed by atoms with Crippen LogP contribution >= 0.6 is 0 Å². The first kappa shape index (κ1) is 64.8. The predicted octanol–water partition coefficient (Wildman–Crippen LogP) is -1.40. The van der Waals surface area contributed by atoms with E-state index in [0.29, 0.717) is 12.0 Å². The van der Waals surface area contributed by atoms with Crippen LogP contribution in [0.2, 0.25) is 0 Å². The molecule has 0 aliphatic carbocycles. The quantitative estimate of drug-likeness (QED) is 0.0148. The molecule has 0 bridgehead atoms. The van der Waals surface area contributed by atoms with E-state index >= 15 is 0 Å². The van der Waals surface area contributed by atoms with Gasteiger partial charge >= 0.3 is 5.97 Å². The molecule has 0 aliphatic heterocycles. The first-order chi connectivity index (χ1) is 38.4. The molecule has 2 aromatic carbocycles. The number of amides is 8. The minimum atomic E-state index is -1.36. The highest BCUT2D eigenvalue weighted by Gasteiger charge is 2.34. The number of H-pyrrole nitrogens is 2. The van der Waals surface area contributed by atoms with E-state index in [9.17, 15) is 48.3 Å². The van der Waals surface area contributed by atoms with Gasteiger partial charge in [0.05, 0.1) is 12.6 Å². The molecule has 4 rings (SSSR count). The Bertz CT molecular complexity index is 2880. The third kappa shape index (κ3) is 20.8. The van der Waals surface area contributed by atoms with Crippen LogP contribution in [-0.2, 0) is 56.0 Å². The first-order valence-electron chi connectivity index (χ1n) is 27.0. The summed E-state index contributed by atoms with van der Waals surface area (Å²) in [5.41, 5.74) is 31.0. The van der Waals surface area contributed by atoms with Gasteiger partial charge < -0.3 is 86.3 Å². The fraction of sp³-hybridized carbons (Fsp3) is 0.500. The Labute approximate surface area is 469 Å². The summed E-state index contributed by atoms with van der Waals surface area (Å²) in [4.78, 5) is 136. The number of hydrogen-bond acceptors (Lipinski definition) is 12. The van der Waals surface area contributed by atoms with Crippen molar-refractivity contribution in [3.63, 3.8) is 0 Å². The lowest BCUT2D eigenvalue weighted by Crippen LogP contribution is -2.59. The number of benzene rings is 2. The van der Waals surface area contributed by atoms with Crippen LogP contribution < -0.4 is 71.2 Å². The number of para-hydroxylation sites is 2. The van der Waals surface area contributed by atoms with Gasteiger partial charge in [0.1, 0.15) is 42.3 Å². The molecule has 0 spiro atoms. The average Bonchev–Trinajstić information content (AvgIpc) is 4.06. The van der Waals surface area contributed by atoms with Crippen molar-refractivity contribution in [2.24, 2.45) is 50.5 Å². The summed E-state index contributed by atoms with van der Waals surface area (Å²) in [6.45, 7) is 9.50. The van der Waals surface area contributed by atoms with E-state index in [-0.39, 0.29) is 75.9 Å². The number of guanidine groups is 2. The first-order valence-corrected chi connectivity index (χ1v) is 27.0. The van der Waals surface area contributed by atoms with Gasteiger partial charge in [0.25, 0.3) is 0 Å². The number of nitrogens with two attached hydrogens (primary N) is 5. The van der Waals surface area contributed by atoms with Gasteiger partial charge in [-0.1, -0.05) is 70.5 Å². The Morgan fingerprint density at radius 2 is 1.02 bits per heavy atom. The van der Waals surface area contributed by atoms with Crippen LogP contribution in [0, 0.1) is 11.8 Å². The number of hydrogen-bond donors (Lipinski definition) is 16. The second kappa shape index (κ2) is 31.7. The molecule has 81 heavy (non-hydrogen) atoms. The molecule has 8 amide bonds. The number of fused-ring (bicyclic) bond motifs is 2. The Balaban J connectivity index is 1.44. The van der Waals surface area contributed by atoms with Crippen molar-refractivity contribution in [1.82, 2.24) is 52.5 Å². The number of carbonyl (C=O) groups excluding carboxylic acids is 8. The summed E-state index contributed by atoms with van der Waals surface area (Å²) < 4.78 is 0. The second-order valence-electron chi connectivity index (χ2n) is 20.5. The molecule has 2 heterocycles. The predicted molar refractivity (Wildman–Crippen MR) is 306 cm³/mol. The van der Waals surface area contributed by atoms with Crippen LogP contribution in [0.5, 0.6) is 0 Å². The third-order valence-electron chi connectivity index (χ3n) is 13.4. The lowest BCUT2D eigenvalue weighted by Gasteiger charge is -2.28. The molecular formula is C54H81N17O10. The molecule has 27 heteroatoms. The number of nitrogens with zero attached hydrogens (tertiary/aromatic N) is 2. The van der Waals surface area contributed by atoms with Crippen molar-refractivity contribution in [3.05, 3.63) is 72.1 Å². The fourth-order valence-electron chi connectivity index (χ4n) is 8.71. The lowest BCUT2D eigenvalue weighted by atomic mass is 9.97. The largest absolute Gasteiger partial charge is 0.480 e. The monoisotopic (exact) mass is 1130 g/mol. The highest BCUT2D eigenvalue weighted by Crippen LogP contribution is 2.21. The van der Waals surface area contributed by atoms with Gasteiger partial charge in [0.15, 0.2) is 11.9 Å². The van der Waals surface area contributed by atoms with Gasteiger partial charge in [-0.05, 0) is 87.5 Å². The maximum Gasteiger partial charge on any atom is 0.326 e. The summed E-state index contributed by atoms with van der Waals surface area (Å²) in [7, 11) is 0. The summed E-state index contributed by atoms with van der Waals surface area (Å²) in [6.07, 6.45) is 4.42. The minimum Gasteiger partial charge on any atom is -0.480 e. The molecule has 442 valence electrons. The maximum absolute atomic E-state index is 14.4. The van der Waals surface area contributed by atoms with E-state index in [2.05, 4.69) is 62.5 Å². The second-order valence-corrected chi connectivity index (χ2v) is 20.5. The van der Waals surface area contributed by atoms with Gasteiger partial charge in [-0.15, -0.1) is 0 Å². The fourth-order valence-corrected chi connectivity index (χ4v) is 8.71. The lowest BCUT2D eigenvalue weighted by molar-refractivity contribution is -0.142. The number of nitrogens with one attached hydrogen (secondary N) is 10.